The smallest absolute Gasteiger partial charge is 0.135 e. The third-order valence-electron chi connectivity index (χ3n) is 2.12. The molecule has 1 fully saturated rings. The first-order valence-corrected chi connectivity index (χ1v) is 3.77. The standard InChI is InChI=1S/C8H14O2/c1-5-4-8(6(2)9)7(3)10-5/h5,7-8H,4H2,1-3H3/t5-,7+,8-/m0/s1. The van der Waals surface area contributed by atoms with E-state index in [-0.39, 0.29) is 23.9 Å². The van der Waals surface area contributed by atoms with Crippen LogP contribution in [0.5, 0.6) is 0 Å². The topological polar surface area (TPSA) is 26.3 Å². The number of rotatable bonds is 1. The van der Waals surface area contributed by atoms with Crippen molar-refractivity contribution in [3.8, 4) is 0 Å². The first-order chi connectivity index (χ1) is 4.61. The Kier molecular flexibility index (Phi) is 2.09. The molecule has 0 bridgehead atoms. The molecule has 0 saturated carbocycles. The van der Waals surface area contributed by atoms with Gasteiger partial charge in [-0.3, -0.25) is 4.79 Å². The summed E-state index contributed by atoms with van der Waals surface area (Å²) in [5.41, 5.74) is 0. The van der Waals surface area contributed by atoms with Crippen LogP contribution in [0.1, 0.15) is 27.2 Å². The highest BCUT2D eigenvalue weighted by Gasteiger charge is 2.32. The maximum absolute atomic E-state index is 10.9. The summed E-state index contributed by atoms with van der Waals surface area (Å²) in [5.74, 6) is 0.409. The van der Waals surface area contributed by atoms with Gasteiger partial charge >= 0.3 is 0 Å². The van der Waals surface area contributed by atoms with E-state index in [1.807, 2.05) is 13.8 Å². The van der Waals surface area contributed by atoms with Crippen LogP contribution in [-0.4, -0.2) is 18.0 Å². The van der Waals surface area contributed by atoms with Crippen LogP contribution >= 0.6 is 0 Å². The summed E-state index contributed by atoms with van der Waals surface area (Å²) in [5, 5.41) is 0. The van der Waals surface area contributed by atoms with Gasteiger partial charge in [0.25, 0.3) is 0 Å². The molecule has 0 N–H and O–H groups in total. The Balaban J connectivity index is 2.54. The second-order valence-electron chi connectivity index (χ2n) is 3.10. The summed E-state index contributed by atoms with van der Waals surface area (Å²) in [7, 11) is 0. The Hall–Kier alpha value is -0.370. The molecule has 0 radical (unpaired) electrons. The van der Waals surface area contributed by atoms with Crippen LogP contribution in [0.25, 0.3) is 0 Å². The van der Waals surface area contributed by atoms with Gasteiger partial charge in [0.05, 0.1) is 12.2 Å². The maximum Gasteiger partial charge on any atom is 0.135 e. The monoisotopic (exact) mass is 142 g/mol. The second kappa shape index (κ2) is 2.70. The van der Waals surface area contributed by atoms with Gasteiger partial charge < -0.3 is 4.74 Å². The number of ether oxygens (including phenoxy) is 1. The van der Waals surface area contributed by atoms with Crippen molar-refractivity contribution in [3.05, 3.63) is 0 Å². The van der Waals surface area contributed by atoms with Gasteiger partial charge in [-0.25, -0.2) is 0 Å². The predicted octanol–water partition coefficient (Wildman–Crippen LogP) is 1.39. The lowest BCUT2D eigenvalue weighted by Crippen LogP contribution is -2.18. The fourth-order valence-electron chi connectivity index (χ4n) is 1.56. The molecule has 0 aliphatic carbocycles. The van der Waals surface area contributed by atoms with Crippen molar-refractivity contribution < 1.29 is 9.53 Å². The highest BCUT2D eigenvalue weighted by Crippen LogP contribution is 2.26. The van der Waals surface area contributed by atoms with Crippen molar-refractivity contribution in [1.82, 2.24) is 0 Å². The summed E-state index contributed by atoms with van der Waals surface area (Å²) in [6.45, 7) is 5.62. The first kappa shape index (κ1) is 7.73. The second-order valence-corrected chi connectivity index (χ2v) is 3.10. The summed E-state index contributed by atoms with van der Waals surface area (Å²) < 4.78 is 5.41. The van der Waals surface area contributed by atoms with E-state index in [0.717, 1.165) is 6.42 Å². The molecule has 3 atom stereocenters. The Morgan fingerprint density at radius 2 is 2.10 bits per heavy atom. The summed E-state index contributed by atoms with van der Waals surface area (Å²) in [4.78, 5) is 10.9. The van der Waals surface area contributed by atoms with Crippen LogP contribution < -0.4 is 0 Å². The molecule has 1 aliphatic heterocycles. The summed E-state index contributed by atoms with van der Waals surface area (Å²) in [6.07, 6.45) is 1.30. The van der Waals surface area contributed by atoms with Gasteiger partial charge in [0.15, 0.2) is 0 Å². The van der Waals surface area contributed by atoms with Crippen molar-refractivity contribution in [2.45, 2.75) is 39.4 Å². The molecule has 0 amide bonds. The fourth-order valence-corrected chi connectivity index (χ4v) is 1.56. The van der Waals surface area contributed by atoms with Crippen LogP contribution in [0.15, 0.2) is 0 Å². The minimum Gasteiger partial charge on any atom is -0.375 e. The molecule has 2 heteroatoms. The van der Waals surface area contributed by atoms with E-state index in [9.17, 15) is 4.79 Å². The van der Waals surface area contributed by atoms with Gasteiger partial charge in [0, 0.05) is 5.92 Å². The molecule has 10 heavy (non-hydrogen) atoms. The molecule has 1 heterocycles. The molecular formula is C8H14O2. The lowest BCUT2D eigenvalue weighted by atomic mass is 9.97. The highest BCUT2D eigenvalue weighted by atomic mass is 16.5. The molecule has 58 valence electrons. The first-order valence-electron chi connectivity index (χ1n) is 3.77. The van der Waals surface area contributed by atoms with Gasteiger partial charge in [-0.05, 0) is 27.2 Å². The maximum atomic E-state index is 10.9. The summed E-state index contributed by atoms with van der Waals surface area (Å²) >= 11 is 0. The lowest BCUT2D eigenvalue weighted by molar-refractivity contribution is -0.122. The Bertz CT molecular complexity index is 142. The Labute approximate surface area is 61.6 Å². The third kappa shape index (κ3) is 1.37. The minimum atomic E-state index is 0.132. The summed E-state index contributed by atoms with van der Waals surface area (Å²) in [6, 6.07) is 0. The molecule has 1 aliphatic rings. The molecule has 2 nitrogen and oxygen atoms in total. The van der Waals surface area contributed by atoms with Gasteiger partial charge in [-0.1, -0.05) is 0 Å². The number of Topliss-reactive ketones (excluding diaryl/α,β-unsaturated/α-hetero) is 1. The molecule has 1 saturated heterocycles. The van der Waals surface area contributed by atoms with Crippen molar-refractivity contribution in [3.63, 3.8) is 0 Å². The van der Waals surface area contributed by atoms with E-state index in [2.05, 4.69) is 0 Å². The fraction of sp³-hybridized carbons (Fsp3) is 0.875. The van der Waals surface area contributed by atoms with Crippen LogP contribution in [0.2, 0.25) is 0 Å². The van der Waals surface area contributed by atoms with Gasteiger partial charge in [-0.2, -0.15) is 0 Å². The van der Waals surface area contributed by atoms with E-state index >= 15 is 0 Å². The average Bonchev–Trinajstić information content (AvgIpc) is 2.10. The molecular weight excluding hydrogens is 128 g/mol. The average molecular weight is 142 g/mol. The van der Waals surface area contributed by atoms with Crippen LogP contribution in [0, 0.1) is 5.92 Å². The van der Waals surface area contributed by atoms with E-state index in [1.165, 1.54) is 0 Å². The number of hydrogen-bond acceptors (Lipinski definition) is 2. The molecule has 1 rings (SSSR count). The third-order valence-corrected chi connectivity index (χ3v) is 2.12. The highest BCUT2D eigenvalue weighted by molar-refractivity contribution is 5.79. The molecule has 0 unspecified atom stereocenters. The zero-order valence-corrected chi connectivity index (χ0v) is 6.76. The van der Waals surface area contributed by atoms with E-state index in [4.69, 9.17) is 4.74 Å². The van der Waals surface area contributed by atoms with E-state index in [1.54, 1.807) is 6.92 Å². The molecule has 0 aromatic carbocycles. The van der Waals surface area contributed by atoms with Crippen molar-refractivity contribution in [1.29, 1.82) is 0 Å². The molecule has 0 aromatic rings. The van der Waals surface area contributed by atoms with Gasteiger partial charge in [0.1, 0.15) is 5.78 Å². The van der Waals surface area contributed by atoms with Crippen molar-refractivity contribution in [2.75, 3.05) is 0 Å². The van der Waals surface area contributed by atoms with Crippen LogP contribution in [-0.2, 0) is 9.53 Å². The zero-order chi connectivity index (χ0) is 7.72. The van der Waals surface area contributed by atoms with Crippen molar-refractivity contribution >= 4 is 5.78 Å². The zero-order valence-electron chi connectivity index (χ0n) is 6.76. The number of carbonyl (C=O) groups is 1. The lowest BCUT2D eigenvalue weighted by Gasteiger charge is -2.08. The van der Waals surface area contributed by atoms with Gasteiger partial charge in [0.2, 0.25) is 0 Å². The largest absolute Gasteiger partial charge is 0.375 e. The van der Waals surface area contributed by atoms with Crippen LogP contribution in [0.3, 0.4) is 0 Å². The predicted molar refractivity (Wildman–Crippen MR) is 38.8 cm³/mol. The minimum absolute atomic E-state index is 0.132. The van der Waals surface area contributed by atoms with Gasteiger partial charge in [-0.15, -0.1) is 0 Å². The SMILES string of the molecule is CC(=O)[C@@H]1C[C@H](C)O[C@@H]1C. The molecule has 0 aromatic heterocycles. The number of ketones is 1. The van der Waals surface area contributed by atoms with E-state index in [0.29, 0.717) is 0 Å². The Morgan fingerprint density at radius 3 is 2.30 bits per heavy atom. The Morgan fingerprint density at radius 1 is 1.50 bits per heavy atom. The van der Waals surface area contributed by atoms with E-state index < -0.39 is 0 Å². The number of carbonyl (C=O) groups excluding carboxylic acids is 1. The number of hydrogen-bond donors (Lipinski definition) is 0. The normalized spacial score (nSPS) is 40.1. The molecule has 0 spiro atoms. The van der Waals surface area contributed by atoms with Crippen LogP contribution in [0.4, 0.5) is 0 Å². The van der Waals surface area contributed by atoms with Crippen molar-refractivity contribution in [2.24, 2.45) is 5.92 Å². The quantitative estimate of drug-likeness (QED) is 0.553.